The largest absolute Gasteiger partial charge is 0.350 e. The van der Waals surface area contributed by atoms with Crippen molar-refractivity contribution in [1.82, 2.24) is 10.2 Å². The summed E-state index contributed by atoms with van der Waals surface area (Å²) in [6.45, 7) is 11.3. The maximum absolute atomic E-state index is 13.7. The monoisotopic (exact) mass is 501 g/mol. The lowest BCUT2D eigenvalue weighted by Gasteiger charge is -2.34. The van der Waals surface area contributed by atoms with Gasteiger partial charge in [-0.1, -0.05) is 55.8 Å². The van der Waals surface area contributed by atoms with Crippen molar-refractivity contribution < 1.29 is 18.0 Å². The van der Waals surface area contributed by atoms with Crippen molar-refractivity contribution in [3.05, 3.63) is 65.2 Å². The molecule has 192 valence electrons. The molecule has 0 aromatic heterocycles. The van der Waals surface area contributed by atoms with Gasteiger partial charge in [-0.2, -0.15) is 0 Å². The van der Waals surface area contributed by atoms with Gasteiger partial charge in [0.15, 0.2) is 0 Å². The quantitative estimate of drug-likeness (QED) is 0.532. The van der Waals surface area contributed by atoms with Crippen molar-refractivity contribution in [2.75, 3.05) is 17.1 Å². The zero-order chi connectivity index (χ0) is 26.4. The molecule has 1 N–H and O–H groups in total. The Balaban J connectivity index is 2.44. The van der Waals surface area contributed by atoms with Gasteiger partial charge in [0.05, 0.1) is 11.9 Å². The van der Waals surface area contributed by atoms with Gasteiger partial charge in [-0.15, -0.1) is 0 Å². The highest BCUT2D eigenvalue weighted by Crippen LogP contribution is 2.21. The van der Waals surface area contributed by atoms with Gasteiger partial charge in [-0.25, -0.2) is 8.42 Å². The average molecular weight is 502 g/mol. The van der Waals surface area contributed by atoms with Gasteiger partial charge >= 0.3 is 0 Å². The number of hydrogen-bond acceptors (Lipinski definition) is 4. The molecule has 0 bridgehead atoms. The maximum Gasteiger partial charge on any atom is 0.244 e. The molecule has 0 fully saturated rings. The van der Waals surface area contributed by atoms with Gasteiger partial charge in [-0.05, 0) is 63.8 Å². The molecule has 0 radical (unpaired) electrons. The van der Waals surface area contributed by atoms with E-state index in [2.05, 4.69) is 5.32 Å². The van der Waals surface area contributed by atoms with E-state index in [4.69, 9.17) is 0 Å². The summed E-state index contributed by atoms with van der Waals surface area (Å²) >= 11 is 0. The van der Waals surface area contributed by atoms with Gasteiger partial charge in [0.25, 0.3) is 0 Å². The number of rotatable bonds is 10. The predicted octanol–water partition coefficient (Wildman–Crippen LogP) is 4.05. The first kappa shape index (κ1) is 28.4. The lowest BCUT2D eigenvalue weighted by molar-refractivity contribution is -0.141. The molecule has 1 atom stereocenters. The summed E-state index contributed by atoms with van der Waals surface area (Å²) in [4.78, 5) is 28.3. The molecule has 8 heteroatoms. The van der Waals surface area contributed by atoms with Gasteiger partial charge in [0.2, 0.25) is 21.8 Å². The van der Waals surface area contributed by atoms with Crippen LogP contribution in [0.1, 0.15) is 57.7 Å². The van der Waals surface area contributed by atoms with E-state index >= 15 is 0 Å². The molecule has 2 amide bonds. The third-order valence-electron chi connectivity index (χ3n) is 5.67. The number of benzene rings is 2. The number of anilines is 1. The van der Waals surface area contributed by atoms with Crippen LogP contribution in [-0.4, -0.2) is 49.5 Å². The van der Waals surface area contributed by atoms with Crippen LogP contribution in [0.15, 0.2) is 48.5 Å². The summed E-state index contributed by atoms with van der Waals surface area (Å²) in [6, 6.07) is 14.1. The molecule has 1 unspecified atom stereocenters. The van der Waals surface area contributed by atoms with Crippen LogP contribution in [0, 0.1) is 6.92 Å². The number of nitrogens with zero attached hydrogens (tertiary/aromatic N) is 2. The topological polar surface area (TPSA) is 86.8 Å². The van der Waals surface area contributed by atoms with Crippen molar-refractivity contribution in [3.63, 3.8) is 0 Å². The number of aryl methyl sites for hydroxylation is 2. The van der Waals surface area contributed by atoms with Crippen molar-refractivity contribution >= 4 is 27.5 Å². The predicted molar refractivity (Wildman–Crippen MR) is 142 cm³/mol. The molecule has 0 aliphatic heterocycles. The Labute approximate surface area is 210 Å². The third-order valence-corrected chi connectivity index (χ3v) is 6.81. The minimum atomic E-state index is -3.74. The molecule has 0 aliphatic rings. The number of amides is 2. The number of carbonyl (C=O) groups is 2. The molecule has 0 saturated heterocycles. The summed E-state index contributed by atoms with van der Waals surface area (Å²) < 4.78 is 26.5. The van der Waals surface area contributed by atoms with Crippen molar-refractivity contribution in [1.29, 1.82) is 0 Å². The zero-order valence-corrected chi connectivity index (χ0v) is 22.8. The van der Waals surface area contributed by atoms with E-state index in [1.54, 1.807) is 12.1 Å². The standard InChI is InChI=1S/C27H39N3O4S/c1-8-21-14-16-23(17-15-21)30(35(7,33)34)19-25(31)29(18-22-12-10-20(3)11-13-22)24(9-2)26(32)28-27(4,5)6/h10-17,24H,8-9,18-19H2,1-7H3,(H,28,32). The second kappa shape index (κ2) is 11.7. The van der Waals surface area contributed by atoms with Gasteiger partial charge < -0.3 is 10.2 Å². The Morgan fingerprint density at radius 2 is 1.49 bits per heavy atom. The lowest BCUT2D eigenvalue weighted by Crippen LogP contribution is -2.55. The van der Waals surface area contributed by atoms with Crippen LogP contribution in [0.2, 0.25) is 0 Å². The summed E-state index contributed by atoms with van der Waals surface area (Å²) in [5.74, 6) is -0.704. The first-order valence-electron chi connectivity index (χ1n) is 12.0. The van der Waals surface area contributed by atoms with Crippen LogP contribution < -0.4 is 9.62 Å². The Morgan fingerprint density at radius 3 is 1.94 bits per heavy atom. The van der Waals surface area contributed by atoms with E-state index < -0.39 is 34.1 Å². The number of nitrogens with one attached hydrogen (secondary N) is 1. The van der Waals surface area contributed by atoms with Crippen LogP contribution in [0.3, 0.4) is 0 Å². The minimum Gasteiger partial charge on any atom is -0.350 e. The molecule has 2 rings (SSSR count). The van der Waals surface area contributed by atoms with Crippen molar-refractivity contribution in [3.8, 4) is 0 Å². The molecule has 0 aliphatic carbocycles. The fraction of sp³-hybridized carbons (Fsp3) is 0.481. The number of sulfonamides is 1. The second-order valence-corrected chi connectivity index (χ2v) is 11.9. The smallest absolute Gasteiger partial charge is 0.244 e. The molecule has 0 saturated carbocycles. The highest BCUT2D eigenvalue weighted by Gasteiger charge is 2.33. The Morgan fingerprint density at radius 1 is 0.943 bits per heavy atom. The SMILES string of the molecule is CCc1ccc(N(CC(=O)N(Cc2ccc(C)cc2)C(CC)C(=O)NC(C)(C)C)S(C)(=O)=O)cc1. The molecule has 2 aromatic carbocycles. The van der Waals surface area contributed by atoms with Gasteiger partial charge in [0, 0.05) is 12.1 Å². The van der Waals surface area contributed by atoms with E-state index in [0.717, 1.165) is 33.7 Å². The fourth-order valence-corrected chi connectivity index (χ4v) is 4.62. The fourth-order valence-electron chi connectivity index (χ4n) is 3.77. The highest BCUT2D eigenvalue weighted by atomic mass is 32.2. The summed E-state index contributed by atoms with van der Waals surface area (Å²) in [5, 5.41) is 2.96. The number of hydrogen-bond donors (Lipinski definition) is 1. The van der Waals surface area contributed by atoms with E-state index in [-0.39, 0.29) is 12.5 Å². The first-order valence-corrected chi connectivity index (χ1v) is 13.8. The first-order chi connectivity index (χ1) is 16.2. The molecule has 2 aromatic rings. The molecule has 35 heavy (non-hydrogen) atoms. The molecular formula is C27H39N3O4S. The van der Waals surface area contributed by atoms with Crippen LogP contribution in [0.25, 0.3) is 0 Å². The second-order valence-electron chi connectivity index (χ2n) is 9.96. The summed E-state index contributed by atoms with van der Waals surface area (Å²) in [6.07, 6.45) is 2.30. The Kier molecular flexibility index (Phi) is 9.49. The molecular weight excluding hydrogens is 462 g/mol. The van der Waals surface area contributed by atoms with Crippen molar-refractivity contribution in [2.45, 2.75) is 72.5 Å². The average Bonchev–Trinajstić information content (AvgIpc) is 2.76. The third kappa shape index (κ3) is 8.38. The zero-order valence-electron chi connectivity index (χ0n) is 22.0. The normalized spacial score (nSPS) is 12.7. The molecule has 0 heterocycles. The van der Waals surface area contributed by atoms with Crippen molar-refractivity contribution in [2.24, 2.45) is 0 Å². The Hall–Kier alpha value is -2.87. The number of carbonyl (C=O) groups excluding carboxylic acids is 2. The van der Waals surface area contributed by atoms with Gasteiger partial charge in [-0.3, -0.25) is 13.9 Å². The van der Waals surface area contributed by atoms with E-state index in [0.29, 0.717) is 12.1 Å². The lowest BCUT2D eigenvalue weighted by atomic mass is 10.1. The van der Waals surface area contributed by atoms with Crippen LogP contribution in [-0.2, 0) is 32.6 Å². The maximum atomic E-state index is 13.7. The van der Waals surface area contributed by atoms with Crippen LogP contribution in [0.5, 0.6) is 0 Å². The van der Waals surface area contributed by atoms with E-state index in [1.165, 1.54) is 4.90 Å². The Bertz CT molecular complexity index is 1100. The van der Waals surface area contributed by atoms with E-state index in [1.807, 2.05) is 77.9 Å². The van der Waals surface area contributed by atoms with E-state index in [9.17, 15) is 18.0 Å². The van der Waals surface area contributed by atoms with Crippen LogP contribution in [0.4, 0.5) is 5.69 Å². The highest BCUT2D eigenvalue weighted by molar-refractivity contribution is 7.92. The summed E-state index contributed by atoms with van der Waals surface area (Å²) in [7, 11) is -3.74. The van der Waals surface area contributed by atoms with Crippen LogP contribution >= 0.6 is 0 Å². The van der Waals surface area contributed by atoms with Gasteiger partial charge in [0.1, 0.15) is 12.6 Å². The molecule has 7 nitrogen and oxygen atoms in total. The summed E-state index contributed by atoms with van der Waals surface area (Å²) in [5.41, 5.74) is 2.97. The minimum absolute atomic E-state index is 0.196. The molecule has 0 spiro atoms.